The van der Waals surface area contributed by atoms with Crippen molar-refractivity contribution >= 4 is 52.2 Å². The fourth-order valence-corrected chi connectivity index (χ4v) is 11.2. The number of thioether (sulfide) groups is 1. The van der Waals surface area contributed by atoms with Crippen LogP contribution in [-0.4, -0.2) is 41.7 Å². The van der Waals surface area contributed by atoms with E-state index in [-0.39, 0.29) is 70.0 Å². The van der Waals surface area contributed by atoms with Gasteiger partial charge in [-0.15, -0.1) is 11.8 Å². The van der Waals surface area contributed by atoms with Gasteiger partial charge in [0.2, 0.25) is 11.8 Å². The maximum absolute atomic E-state index is 13.9. The summed E-state index contributed by atoms with van der Waals surface area (Å²) in [6.45, 7) is 1.73. The van der Waals surface area contributed by atoms with Gasteiger partial charge in [-0.1, -0.05) is 53.8 Å². The van der Waals surface area contributed by atoms with Gasteiger partial charge in [0, 0.05) is 21.7 Å². The van der Waals surface area contributed by atoms with Crippen LogP contribution < -0.4 is 24.6 Å². The molecule has 4 aliphatic rings. The number of amides is 3. The number of nitrogens with zero attached hydrogens (tertiary/aromatic N) is 1. The van der Waals surface area contributed by atoms with E-state index >= 15 is 0 Å². The summed E-state index contributed by atoms with van der Waals surface area (Å²) in [5.74, 6) is -0.413. The average molecular weight is 654 g/mol. The first kappa shape index (κ1) is 29.1. The predicted molar refractivity (Wildman–Crippen MR) is 176 cm³/mol. The summed E-state index contributed by atoms with van der Waals surface area (Å²) in [7, 11) is 1.56. The lowest BCUT2D eigenvalue weighted by Crippen LogP contribution is -2.42. The van der Waals surface area contributed by atoms with E-state index in [0.717, 1.165) is 33.1 Å². The van der Waals surface area contributed by atoms with Crippen LogP contribution in [0.1, 0.15) is 28.3 Å². The van der Waals surface area contributed by atoms with Crippen LogP contribution in [0.3, 0.4) is 0 Å². The van der Waals surface area contributed by atoms with Crippen molar-refractivity contribution in [2.45, 2.75) is 29.5 Å². The number of benzene rings is 3. The van der Waals surface area contributed by atoms with Gasteiger partial charge in [-0.25, -0.2) is 0 Å². The molecule has 2 aliphatic heterocycles. The number of hydrogen-bond acceptors (Lipinski definition) is 8. The van der Waals surface area contributed by atoms with Gasteiger partial charge < -0.3 is 19.8 Å². The van der Waals surface area contributed by atoms with Gasteiger partial charge in [-0.3, -0.25) is 24.1 Å². The highest BCUT2D eigenvalue weighted by molar-refractivity contribution is 8.00. The maximum Gasteiger partial charge on any atom is 0.305 e. The number of carbonyl (C=O) groups is 3. The van der Waals surface area contributed by atoms with Gasteiger partial charge in [0.1, 0.15) is 0 Å². The van der Waals surface area contributed by atoms with Gasteiger partial charge in [0.05, 0.1) is 29.7 Å². The number of thiazole rings is 1. The molecule has 3 fully saturated rings. The molecule has 3 aromatic carbocycles. The van der Waals surface area contributed by atoms with E-state index in [1.165, 1.54) is 16.2 Å². The minimum Gasteiger partial charge on any atom is -0.493 e. The molecule has 1 aromatic heterocycles. The van der Waals surface area contributed by atoms with E-state index in [1.807, 2.05) is 73.7 Å². The molecule has 7 atom stereocenters. The molecule has 2 bridgehead atoms. The fraction of sp³-hybridized carbons (Fsp3) is 0.314. The van der Waals surface area contributed by atoms with Crippen LogP contribution in [0.25, 0.3) is 0 Å². The van der Waals surface area contributed by atoms with E-state index in [4.69, 9.17) is 9.47 Å². The average Bonchev–Trinajstić information content (AvgIpc) is 3.80. The van der Waals surface area contributed by atoms with Crippen LogP contribution in [0.5, 0.6) is 11.5 Å². The summed E-state index contributed by atoms with van der Waals surface area (Å²) in [4.78, 5) is 58.3. The molecule has 4 aromatic rings. The standard InChI is InChI=1S/C35H31N3O6S2/c1-17-8-6-7-11-22(17)36-25(39)16-44-23-13-12-18(14-24(23)43-2)26-27-20-15-21(30(27)45-32-31(26)46-35(42)37-32)29-28(20)33(40)38(34(29)41)19-9-4-3-5-10-19/h3-14,20-21,26-30H,15-16H2,1-2H3,(H,36,39)(H,37,42)/t20-,21-,26+,27-,28+,29+,30-/m1/s1. The molecule has 0 radical (unpaired) electrons. The first-order valence-electron chi connectivity index (χ1n) is 15.3. The lowest BCUT2D eigenvalue weighted by Gasteiger charge is -2.43. The summed E-state index contributed by atoms with van der Waals surface area (Å²) < 4.78 is 11.7. The number of rotatable bonds is 7. The van der Waals surface area contributed by atoms with Crippen molar-refractivity contribution in [1.82, 2.24) is 4.98 Å². The second kappa shape index (κ2) is 11.2. The third-order valence-electron chi connectivity index (χ3n) is 10.1. The van der Waals surface area contributed by atoms with Crippen molar-refractivity contribution < 1.29 is 23.9 Å². The van der Waals surface area contributed by atoms with Gasteiger partial charge in [0.15, 0.2) is 18.1 Å². The number of ether oxygens (including phenoxy) is 2. The molecule has 234 valence electrons. The van der Waals surface area contributed by atoms with Crippen LogP contribution in [-0.2, 0) is 14.4 Å². The number of methoxy groups -OCH3 is 1. The minimum atomic E-state index is -0.379. The number of imide groups is 1. The Morgan fingerprint density at radius 3 is 2.46 bits per heavy atom. The lowest BCUT2D eigenvalue weighted by molar-refractivity contribution is -0.123. The Morgan fingerprint density at radius 1 is 0.957 bits per heavy atom. The largest absolute Gasteiger partial charge is 0.493 e. The molecule has 2 N–H and O–H groups in total. The molecule has 1 saturated heterocycles. The molecule has 9 nitrogen and oxygen atoms in total. The number of anilines is 2. The lowest BCUT2D eigenvalue weighted by atomic mass is 9.68. The number of carbonyl (C=O) groups excluding carboxylic acids is 3. The number of fused-ring (bicyclic) bond motifs is 9. The van der Waals surface area contributed by atoms with Crippen molar-refractivity contribution in [3.05, 3.63) is 98.5 Å². The Hall–Kier alpha value is -4.35. The van der Waals surface area contributed by atoms with E-state index in [2.05, 4.69) is 10.3 Å². The molecule has 0 spiro atoms. The summed E-state index contributed by atoms with van der Waals surface area (Å²) in [5.41, 5.74) is 3.25. The number of nitrogens with one attached hydrogen (secondary N) is 2. The summed E-state index contributed by atoms with van der Waals surface area (Å²) >= 11 is 2.87. The molecular formula is C35H31N3O6S2. The summed E-state index contributed by atoms with van der Waals surface area (Å²) in [6.07, 6.45) is 0.807. The second-order valence-corrected chi connectivity index (χ2v) is 14.6. The SMILES string of the molecule is COc1cc([C@@H]2c3sc(=O)[nH]c3S[C@@H]3[C@@H]4C[C@@H]([C@@H]5C(=O)N(c6ccccc6)C(=O)[C@@H]45)[C@H]23)ccc1OCC(=O)Nc1ccccc1C. The Kier molecular flexibility index (Phi) is 7.06. The predicted octanol–water partition coefficient (Wildman–Crippen LogP) is 5.45. The molecule has 0 unspecified atom stereocenters. The highest BCUT2D eigenvalue weighted by Crippen LogP contribution is 2.68. The van der Waals surface area contributed by atoms with Crippen molar-refractivity contribution in [1.29, 1.82) is 0 Å². The normalized spacial score (nSPS) is 27.3. The number of aromatic nitrogens is 1. The van der Waals surface area contributed by atoms with Crippen LogP contribution in [0.15, 0.2) is 82.6 Å². The maximum atomic E-state index is 13.9. The molecule has 8 rings (SSSR count). The van der Waals surface area contributed by atoms with E-state index < -0.39 is 0 Å². The van der Waals surface area contributed by atoms with Crippen LogP contribution in [0.2, 0.25) is 0 Å². The van der Waals surface area contributed by atoms with Crippen molar-refractivity contribution in [3.8, 4) is 11.5 Å². The Morgan fingerprint density at radius 2 is 1.70 bits per heavy atom. The zero-order valence-electron chi connectivity index (χ0n) is 25.1. The van der Waals surface area contributed by atoms with Crippen LogP contribution in [0, 0.1) is 36.5 Å². The summed E-state index contributed by atoms with van der Waals surface area (Å²) in [6, 6.07) is 22.4. The second-order valence-electron chi connectivity index (χ2n) is 12.4. The van der Waals surface area contributed by atoms with E-state index in [9.17, 15) is 19.2 Å². The zero-order valence-corrected chi connectivity index (χ0v) is 26.7. The molecule has 3 amide bonds. The number of aromatic amines is 1. The highest BCUT2D eigenvalue weighted by atomic mass is 32.2. The monoisotopic (exact) mass is 653 g/mol. The fourth-order valence-electron chi connectivity index (χ4n) is 8.26. The molecule has 2 aliphatic carbocycles. The molecule has 46 heavy (non-hydrogen) atoms. The van der Waals surface area contributed by atoms with Crippen molar-refractivity contribution in [3.63, 3.8) is 0 Å². The molecule has 2 saturated carbocycles. The first-order valence-corrected chi connectivity index (χ1v) is 17.0. The number of hydrogen-bond donors (Lipinski definition) is 2. The van der Waals surface area contributed by atoms with Gasteiger partial charge in [0.25, 0.3) is 5.91 Å². The smallest absolute Gasteiger partial charge is 0.305 e. The van der Waals surface area contributed by atoms with Crippen molar-refractivity contribution in [2.24, 2.45) is 29.6 Å². The van der Waals surface area contributed by atoms with Crippen molar-refractivity contribution in [2.75, 3.05) is 23.9 Å². The molecule has 11 heteroatoms. The van der Waals surface area contributed by atoms with Gasteiger partial charge in [-0.2, -0.15) is 0 Å². The first-order chi connectivity index (χ1) is 22.3. The minimum absolute atomic E-state index is 0.0000693. The van der Waals surface area contributed by atoms with Crippen LogP contribution >= 0.6 is 23.1 Å². The van der Waals surface area contributed by atoms with Gasteiger partial charge >= 0.3 is 4.87 Å². The highest BCUT2D eigenvalue weighted by Gasteiger charge is 2.69. The zero-order chi connectivity index (χ0) is 31.7. The van der Waals surface area contributed by atoms with E-state index in [0.29, 0.717) is 17.2 Å². The topological polar surface area (TPSA) is 118 Å². The number of para-hydroxylation sites is 2. The summed E-state index contributed by atoms with van der Waals surface area (Å²) in [5, 5.41) is 3.80. The number of H-pyrrole nitrogens is 1. The Bertz CT molecular complexity index is 1940. The van der Waals surface area contributed by atoms with Crippen LogP contribution in [0.4, 0.5) is 11.4 Å². The molecule has 3 heterocycles. The Labute approximate surface area is 273 Å². The Balaban J connectivity index is 1.10. The molecular weight excluding hydrogens is 623 g/mol. The van der Waals surface area contributed by atoms with E-state index in [1.54, 1.807) is 24.9 Å². The number of aryl methyl sites for hydroxylation is 1. The third kappa shape index (κ3) is 4.51. The third-order valence-corrected chi connectivity index (χ3v) is 12.7. The quantitative estimate of drug-likeness (QED) is 0.255. The van der Waals surface area contributed by atoms with Gasteiger partial charge in [-0.05, 0) is 72.6 Å².